The molecule has 0 aliphatic rings. The molecule has 1 aromatic heterocycles. The molecule has 6 heteroatoms. The second-order valence-corrected chi connectivity index (χ2v) is 4.43. The summed E-state index contributed by atoms with van der Waals surface area (Å²) in [7, 11) is 0. The maximum Gasteiger partial charge on any atom is 0.244 e. The number of unbranched alkanes of at least 4 members (excludes halogenated alkanes) is 2. The summed E-state index contributed by atoms with van der Waals surface area (Å²) in [6.45, 7) is 2.97. The van der Waals surface area contributed by atoms with E-state index in [1.165, 1.54) is 31.2 Å². The number of nitrogens with one attached hydrogen (secondary N) is 2. The first-order chi connectivity index (χ1) is 9.78. The van der Waals surface area contributed by atoms with Gasteiger partial charge in [-0.2, -0.15) is 10.1 Å². The molecule has 0 spiro atoms. The Balaban J connectivity index is 1.95. The van der Waals surface area contributed by atoms with Gasteiger partial charge in [0.05, 0.1) is 6.20 Å². The van der Waals surface area contributed by atoms with Gasteiger partial charge >= 0.3 is 0 Å². The quantitative estimate of drug-likeness (QED) is 0.759. The van der Waals surface area contributed by atoms with E-state index in [-0.39, 0.29) is 5.82 Å². The molecule has 0 saturated heterocycles. The highest BCUT2D eigenvalue weighted by Gasteiger charge is 2.01. The third kappa shape index (κ3) is 4.46. The largest absolute Gasteiger partial charge is 0.353 e. The van der Waals surface area contributed by atoms with Crippen LogP contribution in [0.3, 0.4) is 0 Å². The predicted octanol–water partition coefficient (Wildman–Crippen LogP) is 3.36. The Hall–Kier alpha value is -2.24. The van der Waals surface area contributed by atoms with Crippen molar-refractivity contribution in [3.05, 3.63) is 36.3 Å². The standard InChI is InChI=1S/C14H18FN5/c1-2-3-4-8-16-14-19-13(10-17-20-14)18-12-7-5-6-11(15)9-12/h5-7,9-10H,2-4,8H2,1H3,(H2,16,18,19,20). The van der Waals surface area contributed by atoms with Gasteiger partial charge in [0.25, 0.3) is 0 Å². The van der Waals surface area contributed by atoms with Gasteiger partial charge in [-0.3, -0.25) is 0 Å². The van der Waals surface area contributed by atoms with Crippen LogP contribution in [0.25, 0.3) is 0 Å². The molecule has 5 nitrogen and oxygen atoms in total. The maximum atomic E-state index is 13.1. The molecule has 0 fully saturated rings. The zero-order valence-electron chi connectivity index (χ0n) is 11.4. The van der Waals surface area contributed by atoms with Crippen LogP contribution in [-0.4, -0.2) is 21.7 Å². The molecule has 0 amide bonds. The van der Waals surface area contributed by atoms with Gasteiger partial charge in [0, 0.05) is 12.2 Å². The van der Waals surface area contributed by atoms with Crippen LogP contribution >= 0.6 is 0 Å². The lowest BCUT2D eigenvalue weighted by Gasteiger charge is -2.07. The van der Waals surface area contributed by atoms with Gasteiger partial charge in [0.2, 0.25) is 5.95 Å². The van der Waals surface area contributed by atoms with Gasteiger partial charge in [-0.15, -0.1) is 5.10 Å². The number of nitrogens with zero attached hydrogens (tertiary/aromatic N) is 3. The molecule has 0 bridgehead atoms. The molecule has 2 aromatic rings. The predicted molar refractivity (Wildman–Crippen MR) is 77.5 cm³/mol. The Bertz CT molecular complexity index is 547. The van der Waals surface area contributed by atoms with Crippen LogP contribution in [0.4, 0.5) is 21.8 Å². The Morgan fingerprint density at radius 3 is 2.95 bits per heavy atom. The van der Waals surface area contributed by atoms with Gasteiger partial charge in [-0.25, -0.2) is 4.39 Å². The lowest BCUT2D eigenvalue weighted by molar-refractivity contribution is 0.628. The van der Waals surface area contributed by atoms with Gasteiger partial charge < -0.3 is 10.6 Å². The first-order valence-electron chi connectivity index (χ1n) is 6.74. The Labute approximate surface area is 117 Å². The molecule has 2 N–H and O–H groups in total. The molecule has 2 rings (SSSR count). The molecular formula is C14H18FN5. The fourth-order valence-electron chi connectivity index (χ4n) is 1.73. The molecule has 20 heavy (non-hydrogen) atoms. The molecular weight excluding hydrogens is 257 g/mol. The Morgan fingerprint density at radius 2 is 2.15 bits per heavy atom. The number of anilines is 3. The maximum absolute atomic E-state index is 13.1. The third-order valence-electron chi connectivity index (χ3n) is 2.72. The van der Waals surface area contributed by atoms with Crippen LogP contribution in [0.2, 0.25) is 0 Å². The van der Waals surface area contributed by atoms with E-state index >= 15 is 0 Å². The summed E-state index contributed by atoms with van der Waals surface area (Å²) in [4.78, 5) is 4.28. The molecule has 1 aromatic carbocycles. The van der Waals surface area contributed by atoms with Gasteiger partial charge in [-0.1, -0.05) is 25.8 Å². The normalized spacial score (nSPS) is 10.3. The zero-order valence-corrected chi connectivity index (χ0v) is 11.4. The minimum absolute atomic E-state index is 0.296. The summed E-state index contributed by atoms with van der Waals surface area (Å²) in [6.07, 6.45) is 4.91. The van der Waals surface area contributed by atoms with Crippen molar-refractivity contribution in [3.63, 3.8) is 0 Å². The topological polar surface area (TPSA) is 62.7 Å². The van der Waals surface area contributed by atoms with Crippen molar-refractivity contribution in [3.8, 4) is 0 Å². The smallest absolute Gasteiger partial charge is 0.244 e. The third-order valence-corrected chi connectivity index (χ3v) is 2.72. The SMILES string of the molecule is CCCCCNc1nncc(Nc2cccc(F)c2)n1. The summed E-state index contributed by atoms with van der Waals surface area (Å²) in [5.74, 6) is 0.709. The first kappa shape index (κ1) is 14.2. The minimum Gasteiger partial charge on any atom is -0.353 e. The van der Waals surface area contributed by atoms with E-state index in [2.05, 4.69) is 32.7 Å². The fourth-order valence-corrected chi connectivity index (χ4v) is 1.73. The van der Waals surface area contributed by atoms with E-state index in [0.717, 1.165) is 13.0 Å². The van der Waals surface area contributed by atoms with Crippen LogP contribution < -0.4 is 10.6 Å². The average molecular weight is 275 g/mol. The van der Waals surface area contributed by atoms with E-state index in [1.54, 1.807) is 12.1 Å². The molecule has 0 aliphatic carbocycles. The van der Waals surface area contributed by atoms with Gasteiger partial charge in [-0.05, 0) is 24.6 Å². The Morgan fingerprint density at radius 1 is 1.25 bits per heavy atom. The monoisotopic (exact) mass is 275 g/mol. The van der Waals surface area contributed by atoms with Gasteiger partial charge in [0.15, 0.2) is 5.82 Å². The molecule has 0 atom stereocenters. The molecule has 0 saturated carbocycles. The molecule has 0 unspecified atom stereocenters. The van der Waals surface area contributed by atoms with E-state index in [1.807, 2.05) is 0 Å². The number of benzene rings is 1. The number of halogens is 1. The molecule has 0 aliphatic heterocycles. The highest BCUT2D eigenvalue weighted by Crippen LogP contribution is 2.15. The van der Waals surface area contributed by atoms with E-state index in [9.17, 15) is 4.39 Å². The molecule has 0 radical (unpaired) electrons. The molecule has 1 heterocycles. The number of aromatic nitrogens is 3. The van der Waals surface area contributed by atoms with Crippen LogP contribution in [0.5, 0.6) is 0 Å². The first-order valence-corrected chi connectivity index (χ1v) is 6.74. The summed E-state index contributed by atoms with van der Waals surface area (Å²) in [5, 5.41) is 13.9. The van der Waals surface area contributed by atoms with Crippen molar-refractivity contribution in [1.29, 1.82) is 0 Å². The summed E-state index contributed by atoms with van der Waals surface area (Å²) < 4.78 is 13.1. The van der Waals surface area contributed by atoms with Crippen LogP contribution in [0.1, 0.15) is 26.2 Å². The van der Waals surface area contributed by atoms with Crippen molar-refractivity contribution in [2.75, 3.05) is 17.2 Å². The van der Waals surface area contributed by atoms with E-state index in [4.69, 9.17) is 0 Å². The zero-order chi connectivity index (χ0) is 14.2. The highest BCUT2D eigenvalue weighted by atomic mass is 19.1. The van der Waals surface area contributed by atoms with Crippen LogP contribution in [0, 0.1) is 5.82 Å². The average Bonchev–Trinajstić information content (AvgIpc) is 2.44. The van der Waals surface area contributed by atoms with Crippen molar-refractivity contribution in [1.82, 2.24) is 15.2 Å². The minimum atomic E-state index is -0.296. The second-order valence-electron chi connectivity index (χ2n) is 4.43. The summed E-state index contributed by atoms with van der Waals surface area (Å²) >= 11 is 0. The van der Waals surface area contributed by atoms with E-state index in [0.29, 0.717) is 17.5 Å². The number of hydrogen-bond acceptors (Lipinski definition) is 5. The van der Waals surface area contributed by atoms with Crippen LogP contribution in [-0.2, 0) is 0 Å². The second kappa shape index (κ2) is 7.37. The number of hydrogen-bond donors (Lipinski definition) is 2. The van der Waals surface area contributed by atoms with Crippen molar-refractivity contribution >= 4 is 17.5 Å². The van der Waals surface area contributed by atoms with E-state index < -0.39 is 0 Å². The highest BCUT2D eigenvalue weighted by molar-refractivity contribution is 5.55. The lowest BCUT2D eigenvalue weighted by Crippen LogP contribution is -2.07. The molecule has 106 valence electrons. The summed E-state index contributed by atoms with van der Waals surface area (Å²) in [6, 6.07) is 6.19. The van der Waals surface area contributed by atoms with Crippen molar-refractivity contribution in [2.45, 2.75) is 26.2 Å². The van der Waals surface area contributed by atoms with Crippen LogP contribution in [0.15, 0.2) is 30.5 Å². The lowest BCUT2D eigenvalue weighted by atomic mass is 10.2. The van der Waals surface area contributed by atoms with Crippen molar-refractivity contribution in [2.24, 2.45) is 0 Å². The number of rotatable bonds is 7. The van der Waals surface area contributed by atoms with Gasteiger partial charge in [0.1, 0.15) is 5.82 Å². The Kier molecular flexibility index (Phi) is 5.23. The van der Waals surface area contributed by atoms with Crippen molar-refractivity contribution < 1.29 is 4.39 Å². The fraction of sp³-hybridized carbons (Fsp3) is 0.357. The summed E-state index contributed by atoms with van der Waals surface area (Å²) in [5.41, 5.74) is 0.627.